The SMILES string of the molecule is C[C@@H](NC(=O)C1CCN(S(=O)(=O)Cc2ccc(Cl)cc2)CC1)c1ccc(C(C)(C)C)cc1. The molecule has 1 N–H and O–H groups in total. The number of carbonyl (C=O) groups excluding carboxylic acids is 1. The summed E-state index contributed by atoms with van der Waals surface area (Å²) in [7, 11) is -3.42. The highest BCUT2D eigenvalue weighted by molar-refractivity contribution is 7.88. The summed E-state index contributed by atoms with van der Waals surface area (Å²) in [5, 5.41) is 3.68. The van der Waals surface area contributed by atoms with E-state index in [0.717, 1.165) is 5.56 Å². The molecule has 1 atom stereocenters. The molecule has 0 radical (unpaired) electrons. The Kier molecular flexibility index (Phi) is 7.69. The van der Waals surface area contributed by atoms with Crippen molar-refractivity contribution in [2.75, 3.05) is 13.1 Å². The Hall–Kier alpha value is -1.89. The highest BCUT2D eigenvalue weighted by atomic mass is 35.5. The van der Waals surface area contributed by atoms with E-state index in [-0.39, 0.29) is 29.0 Å². The van der Waals surface area contributed by atoms with Crippen LogP contribution in [0.3, 0.4) is 0 Å². The zero-order valence-corrected chi connectivity index (χ0v) is 20.8. The number of rotatable bonds is 6. The van der Waals surface area contributed by atoms with Crippen molar-refractivity contribution in [3.63, 3.8) is 0 Å². The van der Waals surface area contributed by atoms with E-state index in [4.69, 9.17) is 11.6 Å². The molecule has 0 bridgehead atoms. The van der Waals surface area contributed by atoms with E-state index in [1.54, 1.807) is 24.3 Å². The van der Waals surface area contributed by atoms with Gasteiger partial charge in [0.2, 0.25) is 15.9 Å². The van der Waals surface area contributed by atoms with Gasteiger partial charge in [-0.15, -0.1) is 0 Å². The largest absolute Gasteiger partial charge is 0.349 e. The molecular formula is C25H33ClN2O3S. The second-order valence-corrected chi connectivity index (χ2v) is 12.1. The van der Waals surface area contributed by atoms with Crippen LogP contribution in [0.15, 0.2) is 48.5 Å². The fraction of sp³-hybridized carbons (Fsp3) is 0.480. The summed E-state index contributed by atoms with van der Waals surface area (Å²) in [6.07, 6.45) is 1.06. The zero-order valence-electron chi connectivity index (χ0n) is 19.3. The van der Waals surface area contributed by atoms with Crippen LogP contribution in [0.2, 0.25) is 5.02 Å². The monoisotopic (exact) mass is 476 g/mol. The van der Waals surface area contributed by atoms with E-state index in [9.17, 15) is 13.2 Å². The third kappa shape index (κ3) is 6.33. The minimum Gasteiger partial charge on any atom is -0.349 e. The fourth-order valence-corrected chi connectivity index (χ4v) is 5.65. The molecule has 0 saturated carbocycles. The minimum absolute atomic E-state index is 0.00727. The lowest BCUT2D eigenvalue weighted by Crippen LogP contribution is -2.43. The highest BCUT2D eigenvalue weighted by Gasteiger charge is 2.31. The van der Waals surface area contributed by atoms with Gasteiger partial charge in [0.1, 0.15) is 0 Å². The molecule has 1 saturated heterocycles. The Morgan fingerprint density at radius 3 is 2.16 bits per heavy atom. The van der Waals surface area contributed by atoms with Crippen molar-refractivity contribution >= 4 is 27.5 Å². The first-order chi connectivity index (χ1) is 15.0. The molecule has 1 fully saturated rings. The number of sulfonamides is 1. The van der Waals surface area contributed by atoms with E-state index < -0.39 is 10.0 Å². The van der Waals surface area contributed by atoms with Gasteiger partial charge < -0.3 is 5.32 Å². The molecule has 5 nitrogen and oxygen atoms in total. The minimum atomic E-state index is -3.42. The average molecular weight is 477 g/mol. The molecule has 7 heteroatoms. The maximum absolute atomic E-state index is 12.8. The topological polar surface area (TPSA) is 66.5 Å². The molecule has 1 amide bonds. The van der Waals surface area contributed by atoms with Crippen molar-refractivity contribution in [2.45, 2.75) is 57.7 Å². The molecule has 0 aromatic heterocycles. The molecule has 2 aromatic carbocycles. The second-order valence-electron chi connectivity index (χ2n) is 9.66. The molecule has 1 aliphatic rings. The summed E-state index contributed by atoms with van der Waals surface area (Å²) in [6.45, 7) is 9.24. The van der Waals surface area contributed by atoms with Gasteiger partial charge in [0.15, 0.2) is 0 Å². The number of benzene rings is 2. The summed E-state index contributed by atoms with van der Waals surface area (Å²) >= 11 is 5.88. The number of nitrogens with one attached hydrogen (secondary N) is 1. The Balaban J connectivity index is 1.53. The zero-order chi connectivity index (χ0) is 23.5. The number of piperidine rings is 1. The standard InChI is InChI=1S/C25H33ClN2O3S/c1-18(20-7-9-22(10-8-20)25(2,3)4)27-24(29)21-13-15-28(16-14-21)32(30,31)17-19-5-11-23(26)12-6-19/h5-12,18,21H,13-17H2,1-4H3,(H,27,29)/t18-/m1/s1. The van der Waals surface area contributed by atoms with Crippen molar-refractivity contribution < 1.29 is 13.2 Å². The van der Waals surface area contributed by atoms with Gasteiger partial charge in [-0.2, -0.15) is 0 Å². The van der Waals surface area contributed by atoms with E-state index >= 15 is 0 Å². The normalized spacial score (nSPS) is 17.2. The third-order valence-corrected chi connectivity index (χ3v) is 8.22. The first-order valence-corrected chi connectivity index (χ1v) is 13.1. The van der Waals surface area contributed by atoms with Gasteiger partial charge in [0.05, 0.1) is 11.8 Å². The molecular weight excluding hydrogens is 444 g/mol. The number of nitrogens with zero attached hydrogens (tertiary/aromatic N) is 1. The predicted octanol–water partition coefficient (Wildman–Crippen LogP) is 5.06. The molecule has 3 rings (SSSR count). The number of hydrogen-bond donors (Lipinski definition) is 1. The van der Waals surface area contributed by atoms with Crippen molar-refractivity contribution in [2.24, 2.45) is 5.92 Å². The lowest BCUT2D eigenvalue weighted by Gasteiger charge is -2.31. The van der Waals surface area contributed by atoms with Crippen LogP contribution in [-0.4, -0.2) is 31.7 Å². The average Bonchev–Trinajstić information content (AvgIpc) is 2.75. The maximum Gasteiger partial charge on any atom is 0.223 e. The molecule has 1 aliphatic heterocycles. The molecule has 2 aromatic rings. The third-order valence-electron chi connectivity index (χ3n) is 6.12. The number of amides is 1. The van der Waals surface area contributed by atoms with Gasteiger partial charge >= 0.3 is 0 Å². The van der Waals surface area contributed by atoms with E-state index in [0.29, 0.717) is 36.5 Å². The molecule has 32 heavy (non-hydrogen) atoms. The Morgan fingerprint density at radius 2 is 1.62 bits per heavy atom. The quantitative estimate of drug-likeness (QED) is 0.633. The van der Waals surface area contributed by atoms with Gasteiger partial charge in [-0.25, -0.2) is 12.7 Å². The van der Waals surface area contributed by atoms with Crippen LogP contribution in [0.25, 0.3) is 0 Å². The summed E-state index contributed by atoms with van der Waals surface area (Å²) in [4.78, 5) is 12.8. The van der Waals surface area contributed by atoms with Crippen LogP contribution >= 0.6 is 11.6 Å². The van der Waals surface area contributed by atoms with Crippen LogP contribution in [0.4, 0.5) is 0 Å². The molecule has 174 valence electrons. The number of carbonyl (C=O) groups is 1. The maximum atomic E-state index is 12.8. The van der Waals surface area contributed by atoms with Gasteiger partial charge in [0.25, 0.3) is 0 Å². The Morgan fingerprint density at radius 1 is 1.06 bits per heavy atom. The fourth-order valence-electron chi connectivity index (χ4n) is 3.97. The second kappa shape index (κ2) is 9.94. The molecule has 1 heterocycles. The van der Waals surface area contributed by atoms with Crippen LogP contribution in [0, 0.1) is 5.92 Å². The molecule has 0 unspecified atom stereocenters. The van der Waals surface area contributed by atoms with E-state index in [1.165, 1.54) is 9.87 Å². The predicted molar refractivity (Wildman–Crippen MR) is 130 cm³/mol. The van der Waals surface area contributed by atoms with Crippen LogP contribution in [0.1, 0.15) is 63.3 Å². The van der Waals surface area contributed by atoms with Gasteiger partial charge in [-0.1, -0.05) is 68.8 Å². The van der Waals surface area contributed by atoms with Crippen LogP contribution < -0.4 is 5.32 Å². The van der Waals surface area contributed by atoms with E-state index in [1.807, 2.05) is 6.92 Å². The number of hydrogen-bond acceptors (Lipinski definition) is 3. The molecule has 0 spiro atoms. The molecule has 0 aliphatic carbocycles. The first-order valence-electron chi connectivity index (χ1n) is 11.1. The van der Waals surface area contributed by atoms with Crippen LogP contribution in [0.5, 0.6) is 0 Å². The summed E-state index contributed by atoms with van der Waals surface area (Å²) < 4.78 is 27.0. The van der Waals surface area contributed by atoms with Crippen molar-refractivity contribution in [3.8, 4) is 0 Å². The van der Waals surface area contributed by atoms with Gasteiger partial charge in [-0.3, -0.25) is 4.79 Å². The van der Waals surface area contributed by atoms with Gasteiger partial charge in [0, 0.05) is 24.0 Å². The van der Waals surface area contributed by atoms with Crippen molar-refractivity contribution in [1.82, 2.24) is 9.62 Å². The summed E-state index contributed by atoms with van der Waals surface area (Å²) in [6, 6.07) is 15.1. The van der Waals surface area contributed by atoms with Crippen LogP contribution in [-0.2, 0) is 26.0 Å². The van der Waals surface area contributed by atoms with Gasteiger partial charge in [-0.05, 0) is 54.0 Å². The van der Waals surface area contributed by atoms with Crippen molar-refractivity contribution in [1.29, 1.82) is 0 Å². The Labute approximate surface area is 197 Å². The summed E-state index contributed by atoms with van der Waals surface area (Å²) in [5.41, 5.74) is 3.12. The first kappa shape index (κ1) is 24.7. The Bertz CT molecular complexity index is 1020. The lowest BCUT2D eigenvalue weighted by atomic mass is 9.86. The van der Waals surface area contributed by atoms with Crippen molar-refractivity contribution in [3.05, 3.63) is 70.2 Å². The summed E-state index contributed by atoms with van der Waals surface area (Å²) in [5.74, 6) is -0.233. The number of halogens is 1. The lowest BCUT2D eigenvalue weighted by molar-refractivity contribution is -0.126. The van der Waals surface area contributed by atoms with E-state index in [2.05, 4.69) is 50.4 Å². The highest BCUT2D eigenvalue weighted by Crippen LogP contribution is 2.26. The smallest absolute Gasteiger partial charge is 0.223 e.